The van der Waals surface area contributed by atoms with E-state index in [1.54, 1.807) is 0 Å². The Morgan fingerprint density at radius 2 is 1.00 bits per heavy atom. The van der Waals surface area contributed by atoms with E-state index < -0.39 is 0 Å². The molecule has 0 aliphatic rings. The van der Waals surface area contributed by atoms with Gasteiger partial charge in [0, 0.05) is 0 Å². The first kappa shape index (κ1) is 19.4. The van der Waals surface area contributed by atoms with Crippen LogP contribution in [0.1, 0.15) is 74.9 Å². The molecule has 0 radical (unpaired) electrons. The van der Waals surface area contributed by atoms with Crippen molar-refractivity contribution in [2.45, 2.75) is 72.6 Å². The van der Waals surface area contributed by atoms with Gasteiger partial charge in [-0.05, 0) is 64.5 Å². The topological polar surface area (TPSA) is 40.5 Å². The van der Waals surface area contributed by atoms with E-state index in [1.807, 2.05) is 26.0 Å². The van der Waals surface area contributed by atoms with Crippen LogP contribution >= 0.6 is 0 Å². The number of aromatic hydroxyl groups is 2. The Morgan fingerprint density at radius 1 is 0.640 bits per heavy atom. The second kappa shape index (κ2) is 6.40. The summed E-state index contributed by atoms with van der Waals surface area (Å²) in [5.41, 5.74) is 5.91. The lowest BCUT2D eigenvalue weighted by Gasteiger charge is -2.28. The molecule has 0 aliphatic carbocycles. The van der Waals surface area contributed by atoms with Crippen LogP contribution < -0.4 is 0 Å². The molecule has 0 aromatic heterocycles. The Labute approximate surface area is 152 Å². The van der Waals surface area contributed by atoms with Gasteiger partial charge >= 0.3 is 0 Å². The van der Waals surface area contributed by atoms with Gasteiger partial charge in [0.2, 0.25) is 0 Å². The summed E-state index contributed by atoms with van der Waals surface area (Å²) in [6, 6.07) is 8.34. The standard InChI is InChI=1S/C23H32O2/c1-14-9-16(10-15(2)20(14)24)11-17-12-18(22(3,4)5)21(25)19(13-17)23(6,7)8/h9-10,12-13,24-25H,11H2,1-8H3. The van der Waals surface area contributed by atoms with Crippen molar-refractivity contribution >= 4 is 0 Å². The van der Waals surface area contributed by atoms with Gasteiger partial charge < -0.3 is 10.2 Å². The van der Waals surface area contributed by atoms with Gasteiger partial charge in [0.05, 0.1) is 0 Å². The van der Waals surface area contributed by atoms with Crippen molar-refractivity contribution < 1.29 is 10.2 Å². The van der Waals surface area contributed by atoms with Gasteiger partial charge in [-0.3, -0.25) is 0 Å². The highest BCUT2D eigenvalue weighted by Gasteiger charge is 2.26. The predicted molar refractivity (Wildman–Crippen MR) is 106 cm³/mol. The molecule has 0 heterocycles. The summed E-state index contributed by atoms with van der Waals surface area (Å²) in [7, 11) is 0. The molecule has 2 heteroatoms. The molecule has 0 atom stereocenters. The van der Waals surface area contributed by atoms with Crippen LogP contribution in [0, 0.1) is 13.8 Å². The van der Waals surface area contributed by atoms with Crippen molar-refractivity contribution in [1.82, 2.24) is 0 Å². The van der Waals surface area contributed by atoms with Crippen LogP contribution in [0.2, 0.25) is 0 Å². The summed E-state index contributed by atoms with van der Waals surface area (Å²) in [6.07, 6.45) is 0.786. The largest absolute Gasteiger partial charge is 0.507 e. The molecule has 2 rings (SSSR count). The molecule has 25 heavy (non-hydrogen) atoms. The van der Waals surface area contributed by atoms with E-state index in [-0.39, 0.29) is 10.8 Å². The predicted octanol–water partition coefficient (Wildman–Crippen LogP) is 5.90. The summed E-state index contributed by atoms with van der Waals surface area (Å²) in [6.45, 7) is 16.7. The Morgan fingerprint density at radius 3 is 1.36 bits per heavy atom. The minimum atomic E-state index is -0.124. The maximum atomic E-state index is 10.8. The van der Waals surface area contributed by atoms with Crippen molar-refractivity contribution in [2.24, 2.45) is 0 Å². The van der Waals surface area contributed by atoms with Gasteiger partial charge in [-0.25, -0.2) is 0 Å². The fourth-order valence-corrected chi connectivity index (χ4v) is 3.32. The molecule has 0 saturated heterocycles. The quantitative estimate of drug-likeness (QED) is 0.714. The molecule has 0 bridgehead atoms. The molecule has 2 N–H and O–H groups in total. The molecule has 0 aliphatic heterocycles. The average molecular weight is 341 g/mol. The second-order valence-corrected chi connectivity index (χ2v) is 9.29. The van der Waals surface area contributed by atoms with E-state index in [4.69, 9.17) is 0 Å². The third-order valence-corrected chi connectivity index (χ3v) is 4.74. The monoisotopic (exact) mass is 340 g/mol. The highest BCUT2D eigenvalue weighted by Crippen LogP contribution is 2.40. The molecule has 0 saturated carbocycles. The molecule has 0 spiro atoms. The number of benzene rings is 2. The van der Waals surface area contributed by atoms with Crippen LogP contribution in [0.5, 0.6) is 11.5 Å². The fourth-order valence-electron chi connectivity index (χ4n) is 3.32. The highest BCUT2D eigenvalue weighted by atomic mass is 16.3. The Bertz CT molecular complexity index is 729. The van der Waals surface area contributed by atoms with Crippen LogP contribution in [0.15, 0.2) is 24.3 Å². The van der Waals surface area contributed by atoms with Crippen molar-refractivity contribution in [3.05, 3.63) is 57.6 Å². The molecule has 2 nitrogen and oxygen atoms in total. The molecule has 2 aromatic carbocycles. The van der Waals surface area contributed by atoms with Gasteiger partial charge in [-0.15, -0.1) is 0 Å². The van der Waals surface area contributed by atoms with Crippen molar-refractivity contribution in [3.63, 3.8) is 0 Å². The van der Waals surface area contributed by atoms with E-state index in [0.29, 0.717) is 11.5 Å². The third kappa shape index (κ3) is 4.18. The lowest BCUT2D eigenvalue weighted by molar-refractivity contribution is 0.423. The fraction of sp³-hybridized carbons (Fsp3) is 0.478. The van der Waals surface area contributed by atoms with Crippen molar-refractivity contribution in [2.75, 3.05) is 0 Å². The van der Waals surface area contributed by atoms with Gasteiger partial charge in [0.15, 0.2) is 0 Å². The lowest BCUT2D eigenvalue weighted by atomic mass is 9.78. The van der Waals surface area contributed by atoms with Crippen LogP contribution in [0.4, 0.5) is 0 Å². The SMILES string of the molecule is Cc1cc(Cc2cc(C(C)(C)C)c(O)c(C(C)(C)C)c2)cc(C)c1O. The van der Waals surface area contributed by atoms with E-state index in [1.165, 1.54) is 11.1 Å². The van der Waals surface area contributed by atoms with Gasteiger partial charge in [-0.1, -0.05) is 65.8 Å². The Kier molecular flexibility index (Phi) is 4.96. The van der Waals surface area contributed by atoms with E-state index in [2.05, 4.69) is 53.7 Å². The molecule has 2 aromatic rings. The molecule has 0 fully saturated rings. The van der Waals surface area contributed by atoms with Crippen LogP contribution in [0.3, 0.4) is 0 Å². The first-order valence-electron chi connectivity index (χ1n) is 8.96. The lowest BCUT2D eigenvalue weighted by Crippen LogP contribution is -2.18. The number of phenols is 2. The van der Waals surface area contributed by atoms with E-state index in [9.17, 15) is 10.2 Å². The maximum Gasteiger partial charge on any atom is 0.123 e. The summed E-state index contributed by atoms with van der Waals surface area (Å²) in [5.74, 6) is 0.794. The minimum absolute atomic E-state index is 0.124. The summed E-state index contributed by atoms with van der Waals surface area (Å²) < 4.78 is 0. The zero-order valence-corrected chi connectivity index (χ0v) is 16.9. The molecule has 0 unspecified atom stereocenters. The average Bonchev–Trinajstić information content (AvgIpc) is 2.44. The molecule has 136 valence electrons. The number of aryl methyl sites for hydroxylation is 2. The van der Waals surface area contributed by atoms with E-state index >= 15 is 0 Å². The van der Waals surface area contributed by atoms with Crippen molar-refractivity contribution in [1.29, 1.82) is 0 Å². The van der Waals surface area contributed by atoms with E-state index in [0.717, 1.165) is 28.7 Å². The van der Waals surface area contributed by atoms with Crippen molar-refractivity contribution in [3.8, 4) is 11.5 Å². The first-order valence-corrected chi connectivity index (χ1v) is 8.96. The highest BCUT2D eigenvalue weighted by molar-refractivity contribution is 5.51. The number of hydrogen-bond donors (Lipinski definition) is 2. The summed E-state index contributed by atoms with van der Waals surface area (Å²) in [5, 5.41) is 20.8. The smallest absolute Gasteiger partial charge is 0.123 e. The third-order valence-electron chi connectivity index (χ3n) is 4.74. The van der Waals surface area contributed by atoms with Gasteiger partial charge in [-0.2, -0.15) is 0 Å². The zero-order chi connectivity index (χ0) is 19.2. The first-order chi connectivity index (χ1) is 11.3. The molecular formula is C23H32O2. The molecule has 0 amide bonds. The minimum Gasteiger partial charge on any atom is -0.507 e. The number of hydrogen-bond acceptors (Lipinski definition) is 2. The zero-order valence-electron chi connectivity index (χ0n) is 16.9. The second-order valence-electron chi connectivity index (χ2n) is 9.29. The van der Waals surface area contributed by atoms with Gasteiger partial charge in [0.25, 0.3) is 0 Å². The summed E-state index contributed by atoms with van der Waals surface area (Å²) in [4.78, 5) is 0. The summed E-state index contributed by atoms with van der Waals surface area (Å²) >= 11 is 0. The Hall–Kier alpha value is -1.96. The van der Waals surface area contributed by atoms with Crippen LogP contribution in [0.25, 0.3) is 0 Å². The molecular weight excluding hydrogens is 308 g/mol. The normalized spacial score (nSPS) is 12.5. The van der Waals surface area contributed by atoms with Crippen LogP contribution in [-0.4, -0.2) is 10.2 Å². The van der Waals surface area contributed by atoms with Gasteiger partial charge in [0.1, 0.15) is 11.5 Å². The maximum absolute atomic E-state index is 10.8. The number of rotatable bonds is 2. The van der Waals surface area contributed by atoms with Crippen LogP contribution in [-0.2, 0) is 17.3 Å². The Balaban J connectivity index is 2.58. The number of phenolic OH excluding ortho intramolecular Hbond substituents is 2.